The van der Waals surface area contributed by atoms with Crippen molar-refractivity contribution in [3.8, 4) is 0 Å². The van der Waals surface area contributed by atoms with Gasteiger partial charge < -0.3 is 10.4 Å². The first-order valence-corrected chi connectivity index (χ1v) is 4.70. The minimum Gasteiger partial charge on any atom is -0.411 e. The number of hydrogen-bond donors (Lipinski definition) is 2. The van der Waals surface area contributed by atoms with E-state index >= 15 is 0 Å². The van der Waals surface area contributed by atoms with Crippen LogP contribution in [0.4, 0.5) is 0 Å². The summed E-state index contributed by atoms with van der Waals surface area (Å²) < 4.78 is 0. The van der Waals surface area contributed by atoms with Gasteiger partial charge in [0.2, 0.25) is 0 Å². The van der Waals surface area contributed by atoms with E-state index in [0.29, 0.717) is 35.7 Å². The summed E-state index contributed by atoms with van der Waals surface area (Å²) in [4.78, 5) is 8.65. The first-order valence-electron chi connectivity index (χ1n) is 4.70. The van der Waals surface area contributed by atoms with Crippen LogP contribution in [0, 0.1) is 0 Å². The molecule has 2 aliphatic rings. The fourth-order valence-corrected chi connectivity index (χ4v) is 1.75. The Hall–Kier alpha value is -1.72. The normalized spacial score (nSPS) is 28.9. The Morgan fingerprint density at radius 1 is 1.00 bits per heavy atom. The molecular weight excluding hydrogens is 196 g/mol. The molecule has 1 fully saturated rings. The first kappa shape index (κ1) is 9.82. The van der Waals surface area contributed by atoms with E-state index in [1.165, 1.54) is 0 Å². The molecule has 2 rings (SSSR count). The van der Waals surface area contributed by atoms with Crippen LogP contribution in [-0.2, 0) is 0 Å². The maximum absolute atomic E-state index is 8.82. The molecule has 0 aromatic rings. The molecule has 0 amide bonds. The lowest BCUT2D eigenvalue weighted by atomic mass is 9.93. The zero-order valence-corrected chi connectivity index (χ0v) is 8.60. The second-order valence-corrected chi connectivity index (χ2v) is 4.01. The van der Waals surface area contributed by atoms with Crippen molar-refractivity contribution in [3.63, 3.8) is 0 Å². The number of nitrogens with zero attached hydrogens (tertiary/aromatic N) is 4. The Bertz CT molecular complexity index is 380. The molecule has 0 bridgehead atoms. The minimum absolute atomic E-state index is 0.506. The number of rotatable bonds is 0. The second kappa shape index (κ2) is 3.15. The average molecular weight is 208 g/mol. The molecule has 1 aliphatic carbocycles. The smallest absolute Gasteiger partial charge is 0.146 e. The number of oxime groups is 2. The van der Waals surface area contributed by atoms with Gasteiger partial charge in [0, 0.05) is 12.8 Å². The van der Waals surface area contributed by atoms with Gasteiger partial charge in [0.25, 0.3) is 0 Å². The molecule has 0 spiro atoms. The monoisotopic (exact) mass is 208 g/mol. The number of hydrogen-bond acceptors (Lipinski definition) is 6. The van der Waals surface area contributed by atoms with Crippen molar-refractivity contribution >= 4 is 22.8 Å². The predicted molar refractivity (Wildman–Crippen MR) is 56.6 cm³/mol. The van der Waals surface area contributed by atoms with Gasteiger partial charge in [-0.05, 0) is 13.8 Å². The van der Waals surface area contributed by atoms with Gasteiger partial charge in [-0.15, -0.1) is 0 Å². The summed E-state index contributed by atoms with van der Waals surface area (Å²) >= 11 is 0. The highest BCUT2D eigenvalue weighted by atomic mass is 16.4. The van der Waals surface area contributed by atoms with E-state index in [2.05, 4.69) is 20.3 Å². The van der Waals surface area contributed by atoms with Crippen molar-refractivity contribution in [2.75, 3.05) is 0 Å². The van der Waals surface area contributed by atoms with Gasteiger partial charge in [-0.2, -0.15) is 0 Å². The van der Waals surface area contributed by atoms with Gasteiger partial charge in [-0.25, -0.2) is 0 Å². The van der Waals surface area contributed by atoms with Crippen LogP contribution in [0.25, 0.3) is 0 Å². The molecule has 0 radical (unpaired) electrons. The zero-order valence-electron chi connectivity index (χ0n) is 8.60. The molecule has 1 saturated carbocycles. The summed E-state index contributed by atoms with van der Waals surface area (Å²) in [6.45, 7) is 3.69. The maximum Gasteiger partial charge on any atom is 0.146 e. The van der Waals surface area contributed by atoms with Crippen LogP contribution < -0.4 is 0 Å². The van der Waals surface area contributed by atoms with E-state index in [9.17, 15) is 0 Å². The maximum atomic E-state index is 8.82. The van der Waals surface area contributed by atoms with E-state index in [0.717, 1.165) is 0 Å². The standard InChI is InChI=1S/C9H12N4O2/c1-9(2)10-7-5(12-14)3-4-6(13-15)8(7)11-9/h14-15H,3-4H2,1-2H3/b12-5+,13-6+. The molecule has 1 aliphatic heterocycles. The number of fused-ring (bicyclic) bond motifs is 1. The topological polar surface area (TPSA) is 89.9 Å². The van der Waals surface area contributed by atoms with Crippen molar-refractivity contribution in [3.05, 3.63) is 0 Å². The molecule has 80 valence electrons. The molecule has 6 heteroatoms. The minimum atomic E-state index is -0.569. The van der Waals surface area contributed by atoms with Crippen molar-refractivity contribution in [1.82, 2.24) is 0 Å². The van der Waals surface area contributed by atoms with Crippen LogP contribution in [0.5, 0.6) is 0 Å². The molecule has 0 unspecified atom stereocenters. The van der Waals surface area contributed by atoms with E-state index < -0.39 is 5.66 Å². The molecular formula is C9H12N4O2. The van der Waals surface area contributed by atoms with Crippen molar-refractivity contribution in [2.45, 2.75) is 32.4 Å². The first-order chi connectivity index (χ1) is 7.07. The van der Waals surface area contributed by atoms with Crippen LogP contribution in [0.3, 0.4) is 0 Å². The zero-order chi connectivity index (χ0) is 11.1. The Kier molecular flexibility index (Phi) is 2.06. The summed E-state index contributed by atoms with van der Waals surface area (Å²) in [5.74, 6) is 0. The third-order valence-corrected chi connectivity index (χ3v) is 2.38. The summed E-state index contributed by atoms with van der Waals surface area (Å²) in [5.41, 5.74) is 1.53. The third-order valence-electron chi connectivity index (χ3n) is 2.38. The van der Waals surface area contributed by atoms with Crippen molar-refractivity contribution in [1.29, 1.82) is 0 Å². The molecule has 2 N–H and O–H groups in total. The summed E-state index contributed by atoms with van der Waals surface area (Å²) in [6.07, 6.45) is 1.04. The Morgan fingerprint density at radius 3 is 1.73 bits per heavy atom. The fourth-order valence-electron chi connectivity index (χ4n) is 1.75. The predicted octanol–water partition coefficient (Wildman–Crippen LogP) is 1.07. The van der Waals surface area contributed by atoms with Crippen LogP contribution in [0.2, 0.25) is 0 Å². The molecule has 0 aromatic carbocycles. The Balaban J connectivity index is 2.52. The Labute approximate surface area is 86.7 Å². The summed E-state index contributed by atoms with van der Waals surface area (Å²) in [7, 11) is 0. The highest BCUT2D eigenvalue weighted by molar-refractivity contribution is 6.85. The summed E-state index contributed by atoms with van der Waals surface area (Å²) in [6, 6.07) is 0. The molecule has 0 saturated heterocycles. The van der Waals surface area contributed by atoms with Crippen LogP contribution in [0.1, 0.15) is 26.7 Å². The van der Waals surface area contributed by atoms with Gasteiger partial charge in [-0.1, -0.05) is 10.3 Å². The van der Waals surface area contributed by atoms with E-state index in [-0.39, 0.29) is 0 Å². The lowest BCUT2D eigenvalue weighted by Crippen LogP contribution is -2.34. The molecule has 1 heterocycles. The average Bonchev–Trinajstić information content (AvgIpc) is 2.51. The lowest BCUT2D eigenvalue weighted by Gasteiger charge is -2.13. The molecule has 0 aromatic heterocycles. The van der Waals surface area contributed by atoms with Gasteiger partial charge in [-0.3, -0.25) is 9.98 Å². The van der Waals surface area contributed by atoms with Crippen molar-refractivity contribution < 1.29 is 10.4 Å². The van der Waals surface area contributed by atoms with E-state index in [1.54, 1.807) is 0 Å². The lowest BCUT2D eigenvalue weighted by molar-refractivity contribution is 0.316. The van der Waals surface area contributed by atoms with Crippen LogP contribution in [0.15, 0.2) is 20.3 Å². The largest absolute Gasteiger partial charge is 0.411 e. The highest BCUT2D eigenvalue weighted by Crippen LogP contribution is 2.24. The highest BCUT2D eigenvalue weighted by Gasteiger charge is 2.36. The van der Waals surface area contributed by atoms with Gasteiger partial charge in [0.1, 0.15) is 28.5 Å². The van der Waals surface area contributed by atoms with E-state index in [4.69, 9.17) is 10.4 Å². The SMILES string of the molecule is CC1(C)N=C2C(=N1)/C(=N/O)CC/C2=N\O. The fraction of sp³-hybridized carbons (Fsp3) is 0.556. The number of aliphatic imine (C=N–C) groups is 2. The Morgan fingerprint density at radius 2 is 1.40 bits per heavy atom. The molecule has 6 nitrogen and oxygen atoms in total. The van der Waals surface area contributed by atoms with Gasteiger partial charge in [0.15, 0.2) is 0 Å². The van der Waals surface area contributed by atoms with Crippen molar-refractivity contribution in [2.24, 2.45) is 20.3 Å². The molecule has 15 heavy (non-hydrogen) atoms. The second-order valence-electron chi connectivity index (χ2n) is 4.01. The molecule has 0 atom stereocenters. The van der Waals surface area contributed by atoms with Gasteiger partial charge in [0.05, 0.1) is 0 Å². The third kappa shape index (κ3) is 1.51. The van der Waals surface area contributed by atoms with Crippen LogP contribution >= 0.6 is 0 Å². The summed E-state index contributed by atoms with van der Waals surface area (Å²) in [5, 5.41) is 24.0. The van der Waals surface area contributed by atoms with Gasteiger partial charge >= 0.3 is 0 Å². The van der Waals surface area contributed by atoms with Crippen LogP contribution in [-0.4, -0.2) is 38.9 Å². The quantitative estimate of drug-likeness (QED) is 0.460. The van der Waals surface area contributed by atoms with E-state index in [1.807, 2.05) is 13.8 Å².